The smallest absolute Gasteiger partial charge is 0.116 e. The van der Waals surface area contributed by atoms with Gasteiger partial charge in [0.1, 0.15) is 15.7 Å². The Morgan fingerprint density at radius 3 is 1.67 bits per heavy atom. The molecule has 0 amide bonds. The van der Waals surface area contributed by atoms with Crippen LogP contribution < -0.4 is 10.9 Å². The van der Waals surface area contributed by atoms with Crippen LogP contribution in [0, 0.1) is 0 Å². The topological polar surface area (TPSA) is 25.8 Å². The van der Waals surface area contributed by atoms with Crippen molar-refractivity contribution in [3.05, 3.63) is 24.5 Å². The Morgan fingerprint density at radius 2 is 1.25 bits per heavy atom. The molecule has 1 aromatic carbocycles. The number of nitrogens with zero attached hydrogens (tertiary/aromatic N) is 2. The first-order valence-electron chi connectivity index (χ1n) is 3.53. The van der Waals surface area contributed by atoms with Crippen molar-refractivity contribution in [3.8, 4) is 0 Å². The van der Waals surface area contributed by atoms with Gasteiger partial charge < -0.3 is 0 Å². The van der Waals surface area contributed by atoms with E-state index in [-0.39, 0.29) is 0 Å². The summed E-state index contributed by atoms with van der Waals surface area (Å²) in [5.41, 5.74) is 2.54. The maximum atomic E-state index is 5.67. The van der Waals surface area contributed by atoms with Crippen LogP contribution in [0.2, 0.25) is 0 Å². The molecule has 2 nitrogen and oxygen atoms in total. The van der Waals surface area contributed by atoms with Gasteiger partial charge in [0.25, 0.3) is 0 Å². The Balaban J connectivity index is 2.95. The van der Waals surface area contributed by atoms with E-state index in [1.807, 2.05) is 0 Å². The van der Waals surface area contributed by atoms with Crippen molar-refractivity contribution in [1.82, 2.24) is 9.97 Å². The molecular formula is C8H4B2N2. The largest absolute Gasteiger partial charge is 0.254 e. The highest BCUT2D eigenvalue weighted by Crippen LogP contribution is 1.99. The average Bonchev–Trinajstić information content (AvgIpc) is 2.12. The minimum absolute atomic E-state index is 0.604. The Kier molecular flexibility index (Phi) is 1.61. The third-order valence-corrected chi connectivity index (χ3v) is 1.69. The van der Waals surface area contributed by atoms with Crippen LogP contribution in [0.3, 0.4) is 0 Å². The summed E-state index contributed by atoms with van der Waals surface area (Å²) in [5.74, 6) is 0. The molecule has 0 N–H and O–H groups in total. The summed E-state index contributed by atoms with van der Waals surface area (Å²) in [6.45, 7) is 0. The van der Waals surface area contributed by atoms with Crippen molar-refractivity contribution in [2.24, 2.45) is 0 Å². The summed E-state index contributed by atoms with van der Waals surface area (Å²) >= 11 is 0. The van der Waals surface area contributed by atoms with Crippen LogP contribution in [0.1, 0.15) is 0 Å². The number of aromatic nitrogens is 2. The Morgan fingerprint density at radius 1 is 0.833 bits per heavy atom. The van der Waals surface area contributed by atoms with Gasteiger partial charge in [0.15, 0.2) is 0 Å². The number of fused-ring (bicyclic) bond motifs is 1. The number of hydrogen-bond donors (Lipinski definition) is 0. The molecule has 2 rings (SSSR count). The molecule has 0 bridgehead atoms. The van der Waals surface area contributed by atoms with E-state index in [1.54, 1.807) is 24.5 Å². The zero-order chi connectivity index (χ0) is 8.55. The van der Waals surface area contributed by atoms with Gasteiger partial charge in [-0.1, -0.05) is 23.1 Å². The average molecular weight is 150 g/mol. The van der Waals surface area contributed by atoms with Gasteiger partial charge in [0, 0.05) is 12.4 Å². The van der Waals surface area contributed by atoms with Gasteiger partial charge in [0.2, 0.25) is 0 Å². The van der Waals surface area contributed by atoms with E-state index in [2.05, 4.69) is 9.97 Å². The molecule has 0 aliphatic rings. The normalized spacial score (nSPS) is 10.3. The molecule has 0 atom stereocenters. The van der Waals surface area contributed by atoms with Crippen LogP contribution in [0.15, 0.2) is 24.5 Å². The Hall–Kier alpha value is -1.31. The van der Waals surface area contributed by atoms with Gasteiger partial charge in [-0.25, -0.2) is 0 Å². The lowest BCUT2D eigenvalue weighted by atomic mass is 9.87. The van der Waals surface area contributed by atoms with Crippen molar-refractivity contribution in [2.75, 3.05) is 0 Å². The SMILES string of the molecule is [B]c1ccc([B])c2nccnc12. The number of hydrogen-bond acceptors (Lipinski definition) is 2. The lowest BCUT2D eigenvalue weighted by Gasteiger charge is -2.02. The van der Waals surface area contributed by atoms with Crippen LogP contribution in [-0.2, 0) is 0 Å². The Bertz CT molecular complexity index is 388. The second-order valence-corrected chi connectivity index (χ2v) is 2.50. The first-order chi connectivity index (χ1) is 5.79. The summed E-state index contributed by atoms with van der Waals surface area (Å²) in [4.78, 5) is 8.15. The van der Waals surface area contributed by atoms with E-state index in [9.17, 15) is 0 Å². The zero-order valence-electron chi connectivity index (χ0n) is 6.36. The Labute approximate surface area is 72.9 Å². The molecule has 12 heavy (non-hydrogen) atoms. The summed E-state index contributed by atoms with van der Waals surface area (Å²) in [5, 5.41) is 0. The molecule has 2 aromatic rings. The minimum Gasteiger partial charge on any atom is -0.254 e. The predicted octanol–water partition coefficient (Wildman–Crippen LogP) is -0.783. The summed E-state index contributed by atoms with van der Waals surface area (Å²) in [6.07, 6.45) is 3.19. The molecule has 0 aliphatic carbocycles. The van der Waals surface area contributed by atoms with Crippen molar-refractivity contribution in [1.29, 1.82) is 0 Å². The zero-order valence-corrected chi connectivity index (χ0v) is 6.36. The molecule has 0 saturated carbocycles. The van der Waals surface area contributed by atoms with Crippen molar-refractivity contribution >= 4 is 37.7 Å². The minimum atomic E-state index is 0.604. The van der Waals surface area contributed by atoms with Crippen molar-refractivity contribution in [3.63, 3.8) is 0 Å². The van der Waals surface area contributed by atoms with Gasteiger partial charge in [-0.2, -0.15) is 0 Å². The molecular weight excluding hydrogens is 146 g/mol. The predicted molar refractivity (Wildman–Crippen MR) is 50.3 cm³/mol. The van der Waals surface area contributed by atoms with E-state index < -0.39 is 0 Å². The third kappa shape index (κ3) is 0.998. The lowest BCUT2D eigenvalue weighted by Crippen LogP contribution is -2.14. The highest BCUT2D eigenvalue weighted by atomic mass is 14.8. The second kappa shape index (κ2) is 2.63. The molecule has 1 heterocycles. The standard InChI is InChI=1S/C8H4B2N2/c9-5-1-2-6(10)8-7(5)11-3-4-12-8/h1-4H. The summed E-state index contributed by atoms with van der Waals surface area (Å²) < 4.78 is 0. The van der Waals surface area contributed by atoms with E-state index in [0.29, 0.717) is 22.0 Å². The van der Waals surface area contributed by atoms with Crippen LogP contribution >= 0.6 is 0 Å². The van der Waals surface area contributed by atoms with E-state index in [1.165, 1.54) is 0 Å². The third-order valence-electron chi connectivity index (χ3n) is 1.69. The van der Waals surface area contributed by atoms with Crippen LogP contribution in [0.4, 0.5) is 0 Å². The lowest BCUT2D eigenvalue weighted by molar-refractivity contribution is 1.31. The highest BCUT2D eigenvalue weighted by Gasteiger charge is 1.99. The molecule has 0 unspecified atom stereocenters. The fourth-order valence-corrected chi connectivity index (χ4v) is 1.10. The second-order valence-electron chi connectivity index (χ2n) is 2.50. The summed E-state index contributed by atoms with van der Waals surface area (Å²) in [7, 11) is 11.3. The molecule has 0 fully saturated rings. The van der Waals surface area contributed by atoms with Gasteiger partial charge in [0.05, 0.1) is 11.0 Å². The van der Waals surface area contributed by atoms with Crippen LogP contribution in [-0.4, -0.2) is 25.7 Å². The fourth-order valence-electron chi connectivity index (χ4n) is 1.10. The van der Waals surface area contributed by atoms with Gasteiger partial charge in [-0.15, -0.1) is 0 Å². The van der Waals surface area contributed by atoms with Crippen molar-refractivity contribution < 1.29 is 0 Å². The first-order valence-corrected chi connectivity index (χ1v) is 3.53. The monoisotopic (exact) mass is 150 g/mol. The maximum absolute atomic E-state index is 5.67. The van der Waals surface area contributed by atoms with Crippen LogP contribution in [0.5, 0.6) is 0 Å². The van der Waals surface area contributed by atoms with E-state index >= 15 is 0 Å². The quantitative estimate of drug-likeness (QED) is 0.460. The van der Waals surface area contributed by atoms with Crippen molar-refractivity contribution in [2.45, 2.75) is 0 Å². The molecule has 0 spiro atoms. The molecule has 1 aromatic heterocycles. The molecule has 4 heteroatoms. The summed E-state index contributed by atoms with van der Waals surface area (Å²) in [6, 6.07) is 3.46. The van der Waals surface area contributed by atoms with E-state index in [4.69, 9.17) is 15.7 Å². The number of benzene rings is 1. The fraction of sp³-hybridized carbons (Fsp3) is 0. The molecule has 0 saturated heterocycles. The van der Waals surface area contributed by atoms with Gasteiger partial charge in [-0.05, 0) is 0 Å². The van der Waals surface area contributed by atoms with Crippen LogP contribution in [0.25, 0.3) is 11.0 Å². The maximum Gasteiger partial charge on any atom is 0.116 e. The molecule has 0 aliphatic heterocycles. The molecule has 52 valence electrons. The van der Waals surface area contributed by atoms with Gasteiger partial charge >= 0.3 is 0 Å². The van der Waals surface area contributed by atoms with E-state index in [0.717, 1.165) is 0 Å². The molecule has 4 radical (unpaired) electrons. The number of rotatable bonds is 0. The first kappa shape index (κ1) is 7.34. The van der Waals surface area contributed by atoms with Gasteiger partial charge in [-0.3, -0.25) is 9.97 Å². The highest BCUT2D eigenvalue weighted by molar-refractivity contribution is 6.43.